The Hall–Kier alpha value is 0.354. The SMILES string of the molecule is CC[N+](C)(CC)C[Si](C)(C)O[Si](C)(C)C. The van der Waals surface area contributed by atoms with Crippen LogP contribution >= 0.6 is 0 Å². The lowest BCUT2D eigenvalue weighted by Gasteiger charge is -2.40. The fourth-order valence-corrected chi connectivity index (χ4v) is 11.4. The van der Waals surface area contributed by atoms with Crippen LogP contribution < -0.4 is 0 Å². The van der Waals surface area contributed by atoms with Crippen LogP contribution in [0.1, 0.15) is 13.8 Å². The molecule has 0 atom stereocenters. The summed E-state index contributed by atoms with van der Waals surface area (Å²) in [5.41, 5.74) is 0. The Morgan fingerprint density at radius 2 is 1.33 bits per heavy atom. The maximum Gasteiger partial charge on any atom is 0.234 e. The molecular formula is C11H30NOSi2+. The lowest BCUT2D eigenvalue weighted by molar-refractivity contribution is -0.897. The Morgan fingerprint density at radius 1 is 0.933 bits per heavy atom. The molecule has 0 heterocycles. The molecule has 15 heavy (non-hydrogen) atoms. The normalized spacial score (nSPS) is 14.4. The van der Waals surface area contributed by atoms with Gasteiger partial charge < -0.3 is 8.60 Å². The van der Waals surface area contributed by atoms with Crippen LogP contribution in [0.4, 0.5) is 0 Å². The van der Waals surface area contributed by atoms with Crippen LogP contribution in [0.2, 0.25) is 32.7 Å². The summed E-state index contributed by atoms with van der Waals surface area (Å²) in [6, 6.07) is 0. The number of quaternary nitrogens is 1. The van der Waals surface area contributed by atoms with Crippen LogP contribution in [-0.4, -0.2) is 47.4 Å². The molecule has 0 aromatic carbocycles. The molecule has 0 aromatic rings. The number of rotatable bonds is 6. The molecule has 0 saturated carbocycles. The van der Waals surface area contributed by atoms with E-state index in [-0.39, 0.29) is 0 Å². The Labute approximate surface area is 98.5 Å². The fraction of sp³-hybridized carbons (Fsp3) is 1.00. The van der Waals surface area contributed by atoms with E-state index in [1.807, 2.05) is 0 Å². The topological polar surface area (TPSA) is 9.23 Å². The summed E-state index contributed by atoms with van der Waals surface area (Å²) in [5.74, 6) is 0. The van der Waals surface area contributed by atoms with E-state index in [1.54, 1.807) is 0 Å². The summed E-state index contributed by atoms with van der Waals surface area (Å²) in [7, 11) is -0.499. The van der Waals surface area contributed by atoms with Crippen LogP contribution in [-0.2, 0) is 4.12 Å². The van der Waals surface area contributed by atoms with E-state index >= 15 is 0 Å². The highest BCUT2D eigenvalue weighted by atomic mass is 28.4. The van der Waals surface area contributed by atoms with E-state index in [9.17, 15) is 0 Å². The molecule has 2 nitrogen and oxygen atoms in total. The van der Waals surface area contributed by atoms with Crippen LogP contribution in [0.15, 0.2) is 0 Å². The van der Waals surface area contributed by atoms with E-state index in [0.29, 0.717) is 0 Å². The van der Waals surface area contributed by atoms with E-state index < -0.39 is 16.6 Å². The van der Waals surface area contributed by atoms with Crippen LogP contribution in [0.3, 0.4) is 0 Å². The van der Waals surface area contributed by atoms with Gasteiger partial charge in [-0.1, -0.05) is 0 Å². The number of nitrogens with zero attached hydrogens (tertiary/aromatic N) is 1. The molecule has 0 bridgehead atoms. The van der Waals surface area contributed by atoms with Crippen molar-refractivity contribution in [3.05, 3.63) is 0 Å². The quantitative estimate of drug-likeness (QED) is 0.518. The Morgan fingerprint density at radius 3 is 1.60 bits per heavy atom. The second-order valence-electron chi connectivity index (χ2n) is 6.38. The smallest absolute Gasteiger partial charge is 0.234 e. The Balaban J connectivity index is 4.49. The second-order valence-corrected chi connectivity index (χ2v) is 15.3. The first-order chi connectivity index (χ1) is 6.54. The third kappa shape index (κ3) is 6.50. The molecule has 0 fully saturated rings. The lowest BCUT2D eigenvalue weighted by Crippen LogP contribution is -2.58. The van der Waals surface area contributed by atoms with Crippen LogP contribution in [0.5, 0.6) is 0 Å². The molecule has 0 saturated heterocycles. The largest absolute Gasteiger partial charge is 0.452 e. The molecule has 0 spiro atoms. The van der Waals surface area contributed by atoms with E-state index in [2.05, 4.69) is 53.6 Å². The highest BCUT2D eigenvalue weighted by Gasteiger charge is 2.36. The predicted octanol–water partition coefficient (Wildman–Crippen LogP) is 3.07. The average molecular weight is 249 g/mol. The first-order valence-electron chi connectivity index (χ1n) is 6.07. The lowest BCUT2D eigenvalue weighted by atomic mass is 10.5. The molecule has 0 rings (SSSR count). The van der Waals surface area contributed by atoms with Crippen molar-refractivity contribution in [2.75, 3.05) is 26.3 Å². The van der Waals surface area contributed by atoms with E-state index in [4.69, 9.17) is 4.12 Å². The van der Waals surface area contributed by atoms with Gasteiger partial charge in [0.1, 0.15) is 0 Å². The zero-order chi connectivity index (χ0) is 12.3. The van der Waals surface area contributed by atoms with Gasteiger partial charge >= 0.3 is 0 Å². The van der Waals surface area contributed by atoms with Gasteiger partial charge in [0.2, 0.25) is 8.32 Å². The maximum atomic E-state index is 6.39. The molecule has 4 heteroatoms. The Kier molecular flexibility index (Phi) is 5.24. The highest BCUT2D eigenvalue weighted by Crippen LogP contribution is 2.18. The highest BCUT2D eigenvalue weighted by molar-refractivity contribution is 6.84. The molecule has 0 aromatic heterocycles. The van der Waals surface area contributed by atoms with Gasteiger partial charge in [0.25, 0.3) is 0 Å². The minimum absolute atomic E-state index is 1.16. The van der Waals surface area contributed by atoms with Crippen LogP contribution in [0.25, 0.3) is 0 Å². The van der Waals surface area contributed by atoms with E-state index in [0.717, 1.165) is 4.48 Å². The minimum Gasteiger partial charge on any atom is -0.452 e. The summed E-state index contributed by atoms with van der Waals surface area (Å²) >= 11 is 0. The molecule has 0 amide bonds. The fourth-order valence-electron chi connectivity index (χ4n) is 2.23. The van der Waals surface area contributed by atoms with Crippen molar-refractivity contribution >= 4 is 16.6 Å². The van der Waals surface area contributed by atoms with Gasteiger partial charge in [0.15, 0.2) is 8.32 Å². The molecule has 0 unspecified atom stereocenters. The third-order valence-electron chi connectivity index (χ3n) is 2.87. The van der Waals surface area contributed by atoms with Gasteiger partial charge in [0, 0.05) is 0 Å². The van der Waals surface area contributed by atoms with Crippen molar-refractivity contribution in [2.45, 2.75) is 46.6 Å². The van der Waals surface area contributed by atoms with Gasteiger partial charge in [-0.3, -0.25) is 0 Å². The van der Waals surface area contributed by atoms with Crippen LogP contribution in [0, 0.1) is 0 Å². The van der Waals surface area contributed by atoms with Crippen molar-refractivity contribution in [1.82, 2.24) is 0 Å². The molecule has 0 aliphatic carbocycles. The summed E-state index contributed by atoms with van der Waals surface area (Å²) in [6.45, 7) is 18.6. The molecule has 0 radical (unpaired) electrons. The summed E-state index contributed by atoms with van der Waals surface area (Å²) in [5, 5.41) is 0. The maximum absolute atomic E-state index is 6.39. The minimum atomic E-state index is -1.48. The van der Waals surface area contributed by atoms with Gasteiger partial charge in [-0.05, 0) is 46.6 Å². The zero-order valence-corrected chi connectivity index (χ0v) is 14.0. The molecule has 92 valence electrons. The Bertz CT molecular complexity index is 195. The molecule has 0 N–H and O–H groups in total. The van der Waals surface area contributed by atoms with Gasteiger partial charge in [-0.25, -0.2) is 0 Å². The zero-order valence-electron chi connectivity index (χ0n) is 12.0. The van der Waals surface area contributed by atoms with Gasteiger partial charge in [0.05, 0.1) is 26.3 Å². The summed E-state index contributed by atoms with van der Waals surface area (Å²) < 4.78 is 7.54. The van der Waals surface area contributed by atoms with Crippen molar-refractivity contribution in [2.24, 2.45) is 0 Å². The van der Waals surface area contributed by atoms with Crippen molar-refractivity contribution < 1.29 is 8.60 Å². The monoisotopic (exact) mass is 248 g/mol. The van der Waals surface area contributed by atoms with Gasteiger partial charge in [-0.2, -0.15) is 0 Å². The summed E-state index contributed by atoms with van der Waals surface area (Å²) in [4.78, 5) is 0. The first kappa shape index (κ1) is 15.4. The predicted molar refractivity (Wildman–Crippen MR) is 74.0 cm³/mol. The van der Waals surface area contributed by atoms with Crippen molar-refractivity contribution in [1.29, 1.82) is 0 Å². The van der Waals surface area contributed by atoms with Crippen molar-refractivity contribution in [3.63, 3.8) is 0 Å². The first-order valence-corrected chi connectivity index (χ1v) is 12.6. The average Bonchev–Trinajstić information content (AvgIpc) is 1.98. The summed E-state index contributed by atoms with van der Waals surface area (Å²) in [6.07, 6.45) is 1.24. The van der Waals surface area contributed by atoms with Gasteiger partial charge in [-0.15, -0.1) is 0 Å². The molecule has 0 aliphatic heterocycles. The van der Waals surface area contributed by atoms with E-state index in [1.165, 1.54) is 19.3 Å². The van der Waals surface area contributed by atoms with Crippen molar-refractivity contribution in [3.8, 4) is 0 Å². The number of hydrogen-bond acceptors (Lipinski definition) is 1. The standard InChI is InChI=1S/C11H30NOSi2/c1-9-12(3,10-2)11-15(7,8)13-14(4,5)6/h9-11H2,1-8H3/q+1. The molecular weight excluding hydrogens is 218 g/mol. The number of hydrogen-bond donors (Lipinski definition) is 0. The third-order valence-corrected chi connectivity index (χ3v) is 9.06. The second kappa shape index (κ2) is 5.12. The molecule has 0 aliphatic rings.